The molecule has 3 N–H and O–H groups in total. The number of nitrogens with two attached hydrogens (primary N) is 1. The van der Waals surface area contributed by atoms with Crippen molar-refractivity contribution in [1.29, 1.82) is 0 Å². The number of oxime groups is 1. The van der Waals surface area contributed by atoms with Gasteiger partial charge in [0, 0.05) is 25.0 Å². The van der Waals surface area contributed by atoms with Crippen molar-refractivity contribution in [2.45, 2.75) is 79.9 Å². The zero-order chi connectivity index (χ0) is 33.3. The lowest BCUT2D eigenvalue weighted by Gasteiger charge is -2.19. The third-order valence-electron chi connectivity index (χ3n) is 6.07. The molecule has 1 aromatic heterocycles. The number of esters is 1. The van der Waals surface area contributed by atoms with Crippen LogP contribution in [-0.4, -0.2) is 83.9 Å². The maximum Gasteiger partial charge on any atom is 0.316 e. The predicted octanol–water partition coefficient (Wildman–Crippen LogP) is 3.39. The Balaban J connectivity index is 2.75. The zero-order valence-corrected chi connectivity index (χ0v) is 27.2. The third-order valence-corrected chi connectivity index (χ3v) is 6.07. The van der Waals surface area contributed by atoms with Gasteiger partial charge in [0.1, 0.15) is 35.5 Å². The maximum absolute atomic E-state index is 12.5. The minimum Gasteiger partial charge on any atom is -0.462 e. The molecule has 1 aromatic rings. The van der Waals surface area contributed by atoms with E-state index in [0.29, 0.717) is 30.3 Å². The number of aliphatic hydroxyl groups is 1. The number of amides is 1. The standard InChI is InChI=1S/C32H48N4O8/c1-21(2)30(34-25(6)37)22(3)17-41-18-27(36-44-16-10-12-26-11-9-13-29(33)35-26)19-42-23(4)14-15-28(38)24(5)31(39)43-20-32(7,8)40/h9,11,13,21-24,40H,14-20H2,1-8H3,(H2,33,35)/b34-30?,36-27+. The average Bonchev–Trinajstić information content (AvgIpc) is 2.94. The summed E-state index contributed by atoms with van der Waals surface area (Å²) in [5.41, 5.74) is 6.22. The smallest absolute Gasteiger partial charge is 0.316 e. The highest BCUT2D eigenvalue weighted by atomic mass is 16.6. The molecule has 244 valence electrons. The molecule has 0 aromatic carbocycles. The molecule has 0 aliphatic carbocycles. The van der Waals surface area contributed by atoms with Crippen molar-refractivity contribution < 1.29 is 38.5 Å². The largest absolute Gasteiger partial charge is 0.462 e. The van der Waals surface area contributed by atoms with Crippen LogP contribution in [0.25, 0.3) is 0 Å². The minimum absolute atomic E-state index is 0.00927. The highest BCUT2D eigenvalue weighted by Crippen LogP contribution is 2.13. The number of anilines is 1. The van der Waals surface area contributed by atoms with E-state index >= 15 is 0 Å². The van der Waals surface area contributed by atoms with Crippen LogP contribution in [0.5, 0.6) is 0 Å². The number of rotatable bonds is 18. The van der Waals surface area contributed by atoms with Gasteiger partial charge in [-0.25, -0.2) is 9.98 Å². The number of carbonyl (C=O) groups is 3. The summed E-state index contributed by atoms with van der Waals surface area (Å²) in [6.45, 7) is 13.9. The van der Waals surface area contributed by atoms with Crippen LogP contribution in [0.4, 0.5) is 5.82 Å². The first-order chi connectivity index (χ1) is 20.6. The van der Waals surface area contributed by atoms with E-state index in [-0.39, 0.29) is 62.5 Å². The van der Waals surface area contributed by atoms with Gasteiger partial charge in [0.15, 0.2) is 6.61 Å². The number of ketones is 1. The molecule has 0 saturated heterocycles. The number of nitrogens with zero attached hydrogens (tertiary/aromatic N) is 3. The summed E-state index contributed by atoms with van der Waals surface area (Å²) in [4.78, 5) is 49.8. The van der Waals surface area contributed by atoms with Crippen LogP contribution in [0.2, 0.25) is 0 Å². The van der Waals surface area contributed by atoms with E-state index in [1.54, 1.807) is 18.2 Å². The summed E-state index contributed by atoms with van der Waals surface area (Å²) in [5.74, 6) is 3.87. The minimum atomic E-state index is -1.18. The van der Waals surface area contributed by atoms with E-state index < -0.39 is 17.5 Å². The van der Waals surface area contributed by atoms with Crippen LogP contribution < -0.4 is 5.73 Å². The van der Waals surface area contributed by atoms with E-state index in [1.807, 2.05) is 27.7 Å². The average molecular weight is 617 g/mol. The van der Waals surface area contributed by atoms with Crippen molar-refractivity contribution in [3.8, 4) is 11.8 Å². The molecular formula is C32H48N4O8. The van der Waals surface area contributed by atoms with E-state index in [2.05, 4.69) is 27.0 Å². The van der Waals surface area contributed by atoms with E-state index in [1.165, 1.54) is 27.7 Å². The van der Waals surface area contributed by atoms with Gasteiger partial charge in [0.2, 0.25) is 5.91 Å². The Morgan fingerprint density at radius 2 is 1.82 bits per heavy atom. The number of aliphatic imine (C=N–C) groups is 1. The van der Waals surface area contributed by atoms with Gasteiger partial charge in [-0.2, -0.15) is 0 Å². The van der Waals surface area contributed by atoms with Crippen LogP contribution in [0.15, 0.2) is 28.3 Å². The Hall–Kier alpha value is -3.66. The number of hydrogen-bond donors (Lipinski definition) is 2. The number of pyridine rings is 1. The number of hydrogen-bond acceptors (Lipinski definition) is 11. The SMILES string of the molecule is CC(=O)N=C(C(C)C)C(C)COC/C(COC(C)CCC(=O)C(C)C(=O)OCC(C)(C)O)=N\OCC#Cc1cccc(N)n1. The molecule has 44 heavy (non-hydrogen) atoms. The quantitative estimate of drug-likeness (QED) is 0.0622. The molecule has 3 atom stereocenters. The summed E-state index contributed by atoms with van der Waals surface area (Å²) >= 11 is 0. The first-order valence-electron chi connectivity index (χ1n) is 14.7. The van der Waals surface area contributed by atoms with Crippen LogP contribution >= 0.6 is 0 Å². The molecule has 12 nitrogen and oxygen atoms in total. The van der Waals surface area contributed by atoms with Crippen molar-refractivity contribution in [3.05, 3.63) is 23.9 Å². The van der Waals surface area contributed by atoms with E-state index in [0.717, 1.165) is 5.71 Å². The highest BCUT2D eigenvalue weighted by Gasteiger charge is 2.25. The Morgan fingerprint density at radius 1 is 1.11 bits per heavy atom. The van der Waals surface area contributed by atoms with Gasteiger partial charge in [-0.1, -0.05) is 37.9 Å². The molecule has 12 heteroatoms. The van der Waals surface area contributed by atoms with Crippen LogP contribution in [0, 0.1) is 29.6 Å². The molecule has 1 heterocycles. The second kappa shape index (κ2) is 19.6. The van der Waals surface area contributed by atoms with Gasteiger partial charge in [-0.3, -0.25) is 14.4 Å². The number of Topliss-reactive ketones (excluding diaryl/α,β-unsaturated/α-hetero) is 1. The van der Waals surface area contributed by atoms with E-state index in [4.69, 9.17) is 24.8 Å². The second-order valence-corrected chi connectivity index (χ2v) is 11.6. The lowest BCUT2D eigenvalue weighted by molar-refractivity contribution is -0.156. The number of ether oxygens (including phenoxy) is 3. The van der Waals surface area contributed by atoms with Crippen molar-refractivity contribution in [3.63, 3.8) is 0 Å². The summed E-state index contributed by atoms with van der Waals surface area (Å²) in [5, 5.41) is 13.9. The van der Waals surface area contributed by atoms with Crippen molar-refractivity contribution in [2.24, 2.45) is 27.9 Å². The fourth-order valence-corrected chi connectivity index (χ4v) is 3.71. The molecule has 0 radical (unpaired) electrons. The summed E-state index contributed by atoms with van der Waals surface area (Å²) < 4.78 is 16.8. The monoisotopic (exact) mass is 616 g/mol. The van der Waals surface area contributed by atoms with Gasteiger partial charge < -0.3 is 29.9 Å². The van der Waals surface area contributed by atoms with Crippen LogP contribution in [0.3, 0.4) is 0 Å². The molecule has 0 aliphatic rings. The first kappa shape index (κ1) is 38.4. The molecule has 1 amide bonds. The lowest BCUT2D eigenvalue weighted by Crippen LogP contribution is -2.32. The maximum atomic E-state index is 12.5. The number of aromatic nitrogens is 1. The molecule has 1 rings (SSSR count). The van der Waals surface area contributed by atoms with Gasteiger partial charge in [-0.15, -0.1) is 0 Å². The number of carbonyl (C=O) groups excluding carboxylic acids is 3. The number of nitrogen functional groups attached to an aromatic ring is 1. The molecule has 0 fully saturated rings. The highest BCUT2D eigenvalue weighted by molar-refractivity contribution is 5.98. The Labute approximate surface area is 260 Å². The van der Waals surface area contributed by atoms with Crippen molar-refractivity contribution >= 4 is 34.9 Å². The Kier molecular flexibility index (Phi) is 17.1. The molecule has 0 saturated carbocycles. The Morgan fingerprint density at radius 3 is 2.43 bits per heavy atom. The van der Waals surface area contributed by atoms with Gasteiger partial charge in [0.25, 0.3) is 0 Å². The fourth-order valence-electron chi connectivity index (χ4n) is 3.71. The summed E-state index contributed by atoms with van der Waals surface area (Å²) in [6.07, 6.45) is 0.136. The molecule has 0 aliphatic heterocycles. The third kappa shape index (κ3) is 16.8. The Bertz CT molecular complexity index is 1210. The second-order valence-electron chi connectivity index (χ2n) is 11.6. The molecule has 3 unspecified atom stereocenters. The van der Waals surface area contributed by atoms with Crippen LogP contribution in [0.1, 0.15) is 73.9 Å². The predicted molar refractivity (Wildman–Crippen MR) is 168 cm³/mol. The first-order valence-corrected chi connectivity index (χ1v) is 14.7. The fraction of sp³-hybridized carbons (Fsp3) is 0.625. The molecule has 0 bridgehead atoms. The van der Waals surface area contributed by atoms with Crippen LogP contribution in [-0.2, 0) is 33.4 Å². The van der Waals surface area contributed by atoms with Gasteiger partial charge >= 0.3 is 5.97 Å². The summed E-state index contributed by atoms with van der Waals surface area (Å²) in [7, 11) is 0. The van der Waals surface area contributed by atoms with Crippen molar-refractivity contribution in [1.82, 2.24) is 4.98 Å². The van der Waals surface area contributed by atoms with Crippen molar-refractivity contribution in [2.75, 3.05) is 38.8 Å². The van der Waals surface area contributed by atoms with E-state index in [9.17, 15) is 19.5 Å². The van der Waals surface area contributed by atoms with Gasteiger partial charge in [0.05, 0.1) is 31.5 Å². The molecule has 0 spiro atoms. The summed E-state index contributed by atoms with van der Waals surface area (Å²) in [6, 6.07) is 5.15. The molecular weight excluding hydrogens is 568 g/mol. The van der Waals surface area contributed by atoms with Gasteiger partial charge in [-0.05, 0) is 58.1 Å². The topological polar surface area (TPSA) is 172 Å². The zero-order valence-electron chi connectivity index (χ0n) is 27.2. The lowest BCUT2D eigenvalue weighted by atomic mass is 9.96. The normalized spacial score (nSPS) is 14.3.